The van der Waals surface area contributed by atoms with Gasteiger partial charge in [-0.3, -0.25) is 9.59 Å². The lowest BCUT2D eigenvalue weighted by molar-refractivity contribution is -0.147. The Labute approximate surface area is 240 Å². The Kier molecular flexibility index (Phi) is 13.4. The first-order valence-electron chi connectivity index (χ1n) is 13.6. The van der Waals surface area contributed by atoms with Gasteiger partial charge in [-0.05, 0) is 36.0 Å². The number of hydrogen-bond donors (Lipinski definition) is 2. The maximum atomic E-state index is 12.8. The maximum Gasteiger partial charge on any atom is 0.408 e. The second-order valence-electron chi connectivity index (χ2n) is 9.34. The second kappa shape index (κ2) is 17.8. The molecule has 0 aliphatic heterocycles. The fraction of sp³-hybridized carbons (Fsp3) is 0.312. The molecule has 41 heavy (non-hydrogen) atoms. The number of carbonyl (C=O) groups is 4. The molecule has 9 nitrogen and oxygen atoms in total. The van der Waals surface area contributed by atoms with E-state index in [1.807, 2.05) is 91.0 Å². The molecule has 0 aromatic heterocycles. The standard InChI is InChI=1S/C32H36N2O7/c35-29(33-21-11-10-18-30(36)39-22-25-12-4-1-5-13-25)20-19-28(31(37)40-23-26-14-6-2-7-15-26)34-32(38)41-24-27-16-8-3-9-17-27/h1-9,12-17,28H,10-11,18-24H2,(H,33,35)(H,34,38)/t28-/m0/s1. The lowest BCUT2D eigenvalue weighted by Gasteiger charge is -2.18. The molecule has 0 unspecified atom stereocenters. The highest BCUT2D eigenvalue weighted by Gasteiger charge is 2.24. The lowest BCUT2D eigenvalue weighted by Crippen LogP contribution is -2.43. The molecule has 0 heterocycles. The summed E-state index contributed by atoms with van der Waals surface area (Å²) in [6, 6.07) is 26.7. The summed E-state index contributed by atoms with van der Waals surface area (Å²) in [5, 5.41) is 5.30. The third-order valence-corrected chi connectivity index (χ3v) is 6.05. The number of rotatable bonds is 16. The van der Waals surface area contributed by atoms with Crippen LogP contribution in [-0.2, 0) is 48.4 Å². The Morgan fingerprint density at radius 2 is 1.12 bits per heavy atom. The first kappa shape index (κ1) is 30.9. The molecule has 2 amide bonds. The van der Waals surface area contributed by atoms with Gasteiger partial charge in [0.2, 0.25) is 5.91 Å². The summed E-state index contributed by atoms with van der Waals surface area (Å²) in [5.74, 6) is -1.23. The summed E-state index contributed by atoms with van der Waals surface area (Å²) in [5.41, 5.74) is 2.52. The molecule has 0 saturated heterocycles. The van der Waals surface area contributed by atoms with Crippen LogP contribution in [0.15, 0.2) is 91.0 Å². The summed E-state index contributed by atoms with van der Waals surface area (Å²) >= 11 is 0. The monoisotopic (exact) mass is 560 g/mol. The van der Waals surface area contributed by atoms with Crippen LogP contribution < -0.4 is 10.6 Å². The van der Waals surface area contributed by atoms with Crippen LogP contribution in [-0.4, -0.2) is 36.5 Å². The topological polar surface area (TPSA) is 120 Å². The predicted octanol–water partition coefficient (Wildman–Crippen LogP) is 4.83. The Hall–Kier alpha value is -4.66. The highest BCUT2D eigenvalue weighted by Crippen LogP contribution is 2.08. The van der Waals surface area contributed by atoms with E-state index in [0.29, 0.717) is 19.4 Å². The molecule has 0 aliphatic carbocycles. The van der Waals surface area contributed by atoms with Gasteiger partial charge in [0.15, 0.2) is 0 Å². The van der Waals surface area contributed by atoms with E-state index in [4.69, 9.17) is 14.2 Å². The van der Waals surface area contributed by atoms with Gasteiger partial charge in [-0.2, -0.15) is 0 Å². The summed E-state index contributed by atoms with van der Waals surface area (Å²) < 4.78 is 15.9. The van der Waals surface area contributed by atoms with Gasteiger partial charge in [0.25, 0.3) is 0 Å². The molecule has 9 heteroatoms. The number of esters is 2. The Bertz CT molecular complexity index is 1220. The smallest absolute Gasteiger partial charge is 0.408 e. The van der Waals surface area contributed by atoms with Crippen molar-refractivity contribution in [3.05, 3.63) is 108 Å². The van der Waals surface area contributed by atoms with Gasteiger partial charge in [0.05, 0.1) is 0 Å². The zero-order valence-corrected chi connectivity index (χ0v) is 23.0. The molecule has 0 bridgehead atoms. The van der Waals surface area contributed by atoms with Crippen LogP contribution in [0.2, 0.25) is 0 Å². The third-order valence-electron chi connectivity index (χ3n) is 6.05. The van der Waals surface area contributed by atoms with E-state index in [9.17, 15) is 19.2 Å². The van der Waals surface area contributed by atoms with Crippen LogP contribution in [0.4, 0.5) is 4.79 Å². The van der Waals surface area contributed by atoms with E-state index < -0.39 is 18.1 Å². The molecule has 0 aliphatic rings. The quantitative estimate of drug-likeness (QED) is 0.146. The van der Waals surface area contributed by atoms with Crippen LogP contribution >= 0.6 is 0 Å². The third kappa shape index (κ3) is 12.8. The zero-order valence-electron chi connectivity index (χ0n) is 23.0. The molecule has 1 atom stereocenters. The highest BCUT2D eigenvalue weighted by atomic mass is 16.6. The molecule has 2 N–H and O–H groups in total. The number of nitrogens with one attached hydrogen (secondary N) is 2. The van der Waals surface area contributed by atoms with E-state index in [1.165, 1.54) is 0 Å². The molecule has 0 radical (unpaired) electrons. The Morgan fingerprint density at radius 1 is 0.610 bits per heavy atom. The van der Waals surface area contributed by atoms with Gasteiger partial charge < -0.3 is 24.8 Å². The number of alkyl carbamates (subject to hydrolysis) is 1. The first-order valence-corrected chi connectivity index (χ1v) is 13.6. The van der Waals surface area contributed by atoms with Gasteiger partial charge in [0.1, 0.15) is 25.9 Å². The molecular weight excluding hydrogens is 524 g/mol. The van der Waals surface area contributed by atoms with Crippen molar-refractivity contribution in [2.24, 2.45) is 0 Å². The van der Waals surface area contributed by atoms with Crippen molar-refractivity contribution in [3.63, 3.8) is 0 Å². The van der Waals surface area contributed by atoms with E-state index >= 15 is 0 Å². The number of amides is 2. The first-order chi connectivity index (χ1) is 20.0. The molecule has 3 aromatic rings. The van der Waals surface area contributed by atoms with Crippen molar-refractivity contribution < 1.29 is 33.4 Å². The van der Waals surface area contributed by atoms with E-state index in [0.717, 1.165) is 16.7 Å². The molecule has 3 rings (SSSR count). The van der Waals surface area contributed by atoms with Crippen molar-refractivity contribution in [2.75, 3.05) is 6.54 Å². The van der Waals surface area contributed by atoms with Crippen molar-refractivity contribution >= 4 is 23.9 Å². The lowest BCUT2D eigenvalue weighted by atomic mass is 10.1. The van der Waals surface area contributed by atoms with Gasteiger partial charge in [-0.15, -0.1) is 0 Å². The normalized spacial score (nSPS) is 11.1. The number of ether oxygens (including phenoxy) is 3. The SMILES string of the molecule is O=C(CC[C@H](NC(=O)OCc1ccccc1)C(=O)OCc1ccccc1)NCCCCC(=O)OCc1ccccc1. The summed E-state index contributed by atoms with van der Waals surface area (Å²) in [6.07, 6.45) is 0.660. The summed E-state index contributed by atoms with van der Waals surface area (Å²) in [7, 11) is 0. The maximum absolute atomic E-state index is 12.8. The fourth-order valence-electron chi connectivity index (χ4n) is 3.78. The molecule has 0 saturated carbocycles. The average Bonchev–Trinajstić information content (AvgIpc) is 3.01. The average molecular weight is 561 g/mol. The van der Waals surface area contributed by atoms with Crippen LogP contribution in [0.5, 0.6) is 0 Å². The molecule has 0 fully saturated rings. The Morgan fingerprint density at radius 3 is 1.68 bits per heavy atom. The van der Waals surface area contributed by atoms with Gasteiger partial charge in [0, 0.05) is 19.4 Å². The second-order valence-corrected chi connectivity index (χ2v) is 9.34. The minimum Gasteiger partial charge on any atom is -0.461 e. The molecule has 0 spiro atoms. The summed E-state index contributed by atoms with van der Waals surface area (Å²) in [6.45, 7) is 0.690. The van der Waals surface area contributed by atoms with Gasteiger partial charge in [-0.25, -0.2) is 9.59 Å². The summed E-state index contributed by atoms with van der Waals surface area (Å²) in [4.78, 5) is 49.5. The fourth-order valence-corrected chi connectivity index (χ4v) is 3.78. The Balaban J connectivity index is 1.38. The predicted molar refractivity (Wildman–Crippen MR) is 152 cm³/mol. The molecule has 3 aromatic carbocycles. The van der Waals surface area contributed by atoms with E-state index in [1.54, 1.807) is 0 Å². The van der Waals surface area contributed by atoms with Crippen LogP contribution in [0, 0.1) is 0 Å². The van der Waals surface area contributed by atoms with E-state index in [2.05, 4.69) is 10.6 Å². The molecular formula is C32H36N2O7. The van der Waals surface area contributed by atoms with Crippen molar-refractivity contribution in [3.8, 4) is 0 Å². The van der Waals surface area contributed by atoms with Crippen molar-refractivity contribution in [1.82, 2.24) is 10.6 Å². The number of hydrogen-bond acceptors (Lipinski definition) is 7. The number of benzene rings is 3. The highest BCUT2D eigenvalue weighted by molar-refractivity contribution is 5.83. The molecule has 216 valence electrons. The minimum absolute atomic E-state index is 0.0107. The van der Waals surface area contributed by atoms with Crippen molar-refractivity contribution in [1.29, 1.82) is 0 Å². The zero-order chi connectivity index (χ0) is 29.1. The van der Waals surface area contributed by atoms with Crippen molar-refractivity contribution in [2.45, 2.75) is 58.0 Å². The largest absolute Gasteiger partial charge is 0.461 e. The number of unbranched alkanes of at least 4 members (excludes halogenated alkanes) is 1. The van der Waals surface area contributed by atoms with Gasteiger partial charge >= 0.3 is 18.0 Å². The van der Waals surface area contributed by atoms with Crippen LogP contribution in [0.3, 0.4) is 0 Å². The van der Waals surface area contributed by atoms with Crippen LogP contribution in [0.1, 0.15) is 48.8 Å². The number of carbonyl (C=O) groups excluding carboxylic acids is 4. The minimum atomic E-state index is -1.06. The van der Waals surface area contributed by atoms with Crippen LogP contribution in [0.25, 0.3) is 0 Å². The van der Waals surface area contributed by atoms with E-state index in [-0.39, 0.29) is 51.0 Å². The van der Waals surface area contributed by atoms with Gasteiger partial charge in [-0.1, -0.05) is 91.0 Å².